The van der Waals surface area contributed by atoms with E-state index in [1.54, 1.807) is 23.8 Å². The molecule has 0 saturated heterocycles. The predicted octanol–water partition coefficient (Wildman–Crippen LogP) is 2.71. The van der Waals surface area contributed by atoms with Gasteiger partial charge >= 0.3 is 0 Å². The number of benzene rings is 2. The van der Waals surface area contributed by atoms with E-state index in [0.717, 1.165) is 5.56 Å². The number of nitrogens with zero attached hydrogens (tertiary/aromatic N) is 2. The molecule has 3 amide bonds. The second-order valence-electron chi connectivity index (χ2n) is 8.57. The summed E-state index contributed by atoms with van der Waals surface area (Å²) in [5, 5.41) is 5.76. The molecular weight excluding hydrogens is 404 g/mol. The molecular formula is C25H32N4O3. The minimum Gasteiger partial charge on any atom is -0.341 e. The first kappa shape index (κ1) is 23.5. The number of anilines is 2. The Labute approximate surface area is 189 Å². The summed E-state index contributed by atoms with van der Waals surface area (Å²) >= 11 is 0. The summed E-state index contributed by atoms with van der Waals surface area (Å²) in [6.07, 6.45) is 0.356. The molecule has 3 rings (SSSR count). The monoisotopic (exact) mass is 436 g/mol. The van der Waals surface area contributed by atoms with Crippen molar-refractivity contribution in [1.82, 2.24) is 10.6 Å². The number of carbonyl (C=O) groups is 3. The van der Waals surface area contributed by atoms with Crippen molar-refractivity contribution in [2.24, 2.45) is 5.92 Å². The van der Waals surface area contributed by atoms with Crippen molar-refractivity contribution in [3.05, 3.63) is 60.2 Å². The first-order valence-electron chi connectivity index (χ1n) is 11.0. The molecule has 2 N–H and O–H groups in total. The molecule has 0 bridgehead atoms. The van der Waals surface area contributed by atoms with Crippen LogP contribution < -0.4 is 20.4 Å². The summed E-state index contributed by atoms with van der Waals surface area (Å²) in [4.78, 5) is 42.8. The van der Waals surface area contributed by atoms with Gasteiger partial charge in [-0.15, -0.1) is 0 Å². The van der Waals surface area contributed by atoms with Gasteiger partial charge in [0.05, 0.1) is 30.5 Å². The molecule has 0 radical (unpaired) electrons. The Balaban J connectivity index is 2.04. The molecule has 2 aromatic rings. The fourth-order valence-electron chi connectivity index (χ4n) is 3.75. The summed E-state index contributed by atoms with van der Waals surface area (Å²) in [5.41, 5.74) is 2.31. The van der Waals surface area contributed by atoms with Gasteiger partial charge in [-0.3, -0.25) is 14.4 Å². The first-order chi connectivity index (χ1) is 15.3. The summed E-state index contributed by atoms with van der Waals surface area (Å²) in [5.74, 6) is -0.417. The molecule has 170 valence electrons. The average Bonchev–Trinajstić information content (AvgIpc) is 2.89. The number of rotatable bonds is 7. The van der Waals surface area contributed by atoms with Gasteiger partial charge in [0.2, 0.25) is 11.8 Å². The summed E-state index contributed by atoms with van der Waals surface area (Å²) in [6.45, 7) is 6.14. The zero-order valence-corrected chi connectivity index (χ0v) is 19.2. The van der Waals surface area contributed by atoms with Crippen LogP contribution >= 0.6 is 0 Å². The normalized spacial score (nSPS) is 17.0. The fourth-order valence-corrected chi connectivity index (χ4v) is 3.75. The molecule has 1 aliphatic rings. The number of carbonyl (C=O) groups excluding carboxylic acids is 3. The van der Waals surface area contributed by atoms with Gasteiger partial charge in [-0.25, -0.2) is 0 Å². The molecule has 2 unspecified atom stereocenters. The molecule has 0 aromatic heterocycles. The van der Waals surface area contributed by atoms with Crippen molar-refractivity contribution in [3.63, 3.8) is 0 Å². The van der Waals surface area contributed by atoms with Gasteiger partial charge in [-0.05, 0) is 37.6 Å². The zero-order valence-electron chi connectivity index (χ0n) is 19.2. The highest BCUT2D eigenvalue weighted by molar-refractivity contribution is 6.08. The predicted molar refractivity (Wildman–Crippen MR) is 126 cm³/mol. The summed E-state index contributed by atoms with van der Waals surface area (Å²) < 4.78 is 0. The van der Waals surface area contributed by atoms with Crippen molar-refractivity contribution in [2.75, 3.05) is 23.4 Å². The SMILES string of the molecule is CNC(C)C(=O)NC1CN(C(=O)CC(C)C)c2ccccc2N(Cc2ccccc2)C1=O. The Morgan fingerprint density at radius 2 is 1.62 bits per heavy atom. The van der Waals surface area contributed by atoms with Crippen LogP contribution in [0.3, 0.4) is 0 Å². The highest BCUT2D eigenvalue weighted by atomic mass is 16.2. The zero-order chi connectivity index (χ0) is 23.3. The van der Waals surface area contributed by atoms with Gasteiger partial charge in [0.25, 0.3) is 5.91 Å². The molecule has 0 spiro atoms. The Morgan fingerprint density at radius 3 is 2.25 bits per heavy atom. The molecule has 0 aliphatic carbocycles. The lowest BCUT2D eigenvalue weighted by Gasteiger charge is -2.26. The van der Waals surface area contributed by atoms with E-state index in [4.69, 9.17) is 0 Å². The standard InChI is InChI=1S/C25H32N4O3/c1-17(2)14-23(30)28-16-20(27-24(31)18(3)26-4)25(32)29(15-19-10-6-5-7-11-19)22-13-9-8-12-21(22)28/h5-13,17-18,20,26H,14-16H2,1-4H3,(H,27,31). The van der Waals surface area contributed by atoms with E-state index in [1.165, 1.54) is 0 Å². The molecule has 2 aromatic carbocycles. The molecule has 1 heterocycles. The third-order valence-electron chi connectivity index (χ3n) is 5.60. The lowest BCUT2D eigenvalue weighted by molar-refractivity contribution is -0.128. The highest BCUT2D eigenvalue weighted by Crippen LogP contribution is 2.34. The van der Waals surface area contributed by atoms with Crippen LogP contribution in [0.2, 0.25) is 0 Å². The van der Waals surface area contributed by atoms with Gasteiger partial charge in [0, 0.05) is 6.42 Å². The van der Waals surface area contributed by atoms with E-state index in [0.29, 0.717) is 24.3 Å². The quantitative estimate of drug-likeness (QED) is 0.699. The van der Waals surface area contributed by atoms with Crippen molar-refractivity contribution in [2.45, 2.75) is 45.8 Å². The number of amides is 3. The second-order valence-corrected chi connectivity index (χ2v) is 8.57. The first-order valence-corrected chi connectivity index (χ1v) is 11.0. The van der Waals surface area contributed by atoms with Gasteiger partial charge in [-0.2, -0.15) is 0 Å². The summed E-state index contributed by atoms with van der Waals surface area (Å²) in [7, 11) is 1.69. The Bertz CT molecular complexity index is 961. The maximum atomic E-state index is 13.7. The van der Waals surface area contributed by atoms with Crippen LogP contribution in [0.4, 0.5) is 11.4 Å². The number of nitrogens with one attached hydrogen (secondary N) is 2. The minimum atomic E-state index is -0.856. The largest absolute Gasteiger partial charge is 0.341 e. The Kier molecular flexibility index (Phi) is 7.64. The van der Waals surface area contributed by atoms with Crippen molar-refractivity contribution < 1.29 is 14.4 Å². The number of para-hydroxylation sites is 2. The van der Waals surface area contributed by atoms with Crippen LogP contribution in [0.1, 0.15) is 32.8 Å². The number of fused-ring (bicyclic) bond motifs is 1. The van der Waals surface area contributed by atoms with Crippen molar-refractivity contribution >= 4 is 29.1 Å². The van der Waals surface area contributed by atoms with Crippen LogP contribution in [0.25, 0.3) is 0 Å². The second kappa shape index (κ2) is 10.4. The van der Waals surface area contributed by atoms with Crippen LogP contribution in [-0.4, -0.2) is 43.4 Å². The van der Waals surface area contributed by atoms with Crippen LogP contribution in [0.15, 0.2) is 54.6 Å². The van der Waals surface area contributed by atoms with E-state index < -0.39 is 12.1 Å². The van der Waals surface area contributed by atoms with E-state index in [9.17, 15) is 14.4 Å². The van der Waals surface area contributed by atoms with Crippen LogP contribution in [0.5, 0.6) is 0 Å². The minimum absolute atomic E-state index is 0.0669. The maximum Gasteiger partial charge on any atom is 0.251 e. The van der Waals surface area contributed by atoms with Crippen molar-refractivity contribution in [1.29, 1.82) is 0 Å². The number of hydrogen-bond acceptors (Lipinski definition) is 4. The van der Waals surface area contributed by atoms with E-state index in [2.05, 4.69) is 10.6 Å². The Morgan fingerprint density at radius 1 is 1.00 bits per heavy atom. The highest BCUT2D eigenvalue weighted by Gasteiger charge is 2.37. The van der Waals surface area contributed by atoms with Gasteiger partial charge in [-0.1, -0.05) is 56.3 Å². The van der Waals surface area contributed by atoms with Crippen LogP contribution in [0, 0.1) is 5.92 Å². The summed E-state index contributed by atoms with van der Waals surface area (Å²) in [6, 6.07) is 15.8. The lowest BCUT2D eigenvalue weighted by Crippen LogP contribution is -2.55. The van der Waals surface area contributed by atoms with Gasteiger partial charge in [0.15, 0.2) is 0 Å². The van der Waals surface area contributed by atoms with E-state index >= 15 is 0 Å². The third kappa shape index (κ3) is 5.34. The maximum absolute atomic E-state index is 13.7. The molecule has 2 atom stereocenters. The molecule has 0 saturated carbocycles. The number of hydrogen-bond donors (Lipinski definition) is 2. The molecule has 1 aliphatic heterocycles. The van der Waals surface area contributed by atoms with E-state index in [-0.39, 0.29) is 30.2 Å². The Hall–Kier alpha value is -3.19. The molecule has 0 fully saturated rings. The topological polar surface area (TPSA) is 81.8 Å². The van der Waals surface area contributed by atoms with Crippen LogP contribution in [-0.2, 0) is 20.9 Å². The lowest BCUT2D eigenvalue weighted by atomic mass is 10.1. The average molecular weight is 437 g/mol. The molecule has 7 nitrogen and oxygen atoms in total. The van der Waals surface area contributed by atoms with Gasteiger partial charge in [0.1, 0.15) is 6.04 Å². The molecule has 32 heavy (non-hydrogen) atoms. The smallest absolute Gasteiger partial charge is 0.251 e. The van der Waals surface area contributed by atoms with Gasteiger partial charge < -0.3 is 20.4 Å². The van der Waals surface area contributed by atoms with E-state index in [1.807, 2.05) is 68.4 Å². The molecule has 7 heteroatoms. The fraction of sp³-hybridized carbons (Fsp3) is 0.400. The number of likely N-dealkylation sites (N-methyl/N-ethyl adjacent to an activating group) is 1. The third-order valence-corrected chi connectivity index (χ3v) is 5.60. The van der Waals surface area contributed by atoms with Crippen molar-refractivity contribution in [3.8, 4) is 0 Å².